The molecule has 60 valence electrons. The Bertz CT molecular complexity index is 105. The quantitative estimate of drug-likeness (QED) is 0.571. The maximum absolute atomic E-state index is 10.2. The highest BCUT2D eigenvalue weighted by molar-refractivity contribution is 5.74. The van der Waals surface area contributed by atoms with Gasteiger partial charge in [0.1, 0.15) is 6.61 Å². The molecule has 0 saturated heterocycles. The lowest BCUT2D eigenvalue weighted by Gasteiger charge is -2.09. The zero-order valence-electron chi connectivity index (χ0n) is 6.29. The fraction of sp³-hybridized carbons (Fsp3) is 0.833. The fourth-order valence-electron chi connectivity index (χ4n) is 0.507. The number of amides is 1. The minimum absolute atomic E-state index is 0.0372. The van der Waals surface area contributed by atoms with Crippen molar-refractivity contribution < 1.29 is 14.3 Å². The van der Waals surface area contributed by atoms with Crippen LogP contribution in [-0.4, -0.2) is 32.3 Å². The number of rotatable bonds is 5. The van der Waals surface area contributed by atoms with Crippen LogP contribution >= 0.6 is 0 Å². The van der Waals surface area contributed by atoms with Crippen LogP contribution < -0.4 is 5.73 Å². The second-order valence-electron chi connectivity index (χ2n) is 2.04. The molecule has 0 radical (unpaired) electrons. The second kappa shape index (κ2) is 5.20. The molecular formula is C6H13NO3. The van der Waals surface area contributed by atoms with Gasteiger partial charge in [0.2, 0.25) is 5.91 Å². The molecule has 1 atom stereocenters. The summed E-state index contributed by atoms with van der Waals surface area (Å²) in [5.41, 5.74) is 4.83. The number of primary amides is 1. The van der Waals surface area contributed by atoms with Crippen molar-refractivity contribution in [1.29, 1.82) is 0 Å². The molecule has 0 aromatic heterocycles. The van der Waals surface area contributed by atoms with Gasteiger partial charge in [0.15, 0.2) is 0 Å². The van der Waals surface area contributed by atoms with Crippen molar-refractivity contribution in [3.05, 3.63) is 0 Å². The van der Waals surface area contributed by atoms with E-state index in [2.05, 4.69) is 0 Å². The molecule has 0 aromatic rings. The summed E-state index contributed by atoms with van der Waals surface area (Å²) in [5, 5.41) is 0. The van der Waals surface area contributed by atoms with E-state index in [9.17, 15) is 4.79 Å². The summed E-state index contributed by atoms with van der Waals surface area (Å²) in [6, 6.07) is 0. The number of methoxy groups -OCH3 is 1. The van der Waals surface area contributed by atoms with Crippen LogP contribution in [0.4, 0.5) is 0 Å². The van der Waals surface area contributed by atoms with Gasteiger partial charge in [0.25, 0.3) is 0 Å². The molecule has 0 aliphatic carbocycles. The first-order valence-corrected chi connectivity index (χ1v) is 3.05. The molecule has 0 fully saturated rings. The minimum Gasteiger partial charge on any atom is -0.382 e. The predicted molar refractivity (Wildman–Crippen MR) is 36.5 cm³/mol. The fourth-order valence-corrected chi connectivity index (χ4v) is 0.507. The highest BCUT2D eigenvalue weighted by atomic mass is 16.5. The van der Waals surface area contributed by atoms with E-state index in [0.29, 0.717) is 6.61 Å². The lowest BCUT2D eigenvalue weighted by atomic mass is 10.4. The van der Waals surface area contributed by atoms with E-state index in [1.807, 2.05) is 6.92 Å². The molecule has 0 bridgehead atoms. The van der Waals surface area contributed by atoms with Gasteiger partial charge < -0.3 is 15.2 Å². The molecule has 0 spiro atoms. The maximum Gasteiger partial charge on any atom is 0.243 e. The van der Waals surface area contributed by atoms with Gasteiger partial charge >= 0.3 is 0 Å². The molecule has 0 aliphatic heterocycles. The molecule has 0 aliphatic rings. The number of hydrogen-bond acceptors (Lipinski definition) is 3. The number of carbonyl (C=O) groups excluding carboxylic acids is 1. The largest absolute Gasteiger partial charge is 0.382 e. The predicted octanol–water partition coefficient (Wildman–Crippen LogP) is -0.477. The first kappa shape index (κ1) is 9.39. The van der Waals surface area contributed by atoms with Crippen molar-refractivity contribution in [2.24, 2.45) is 5.73 Å². The topological polar surface area (TPSA) is 61.6 Å². The zero-order chi connectivity index (χ0) is 7.98. The van der Waals surface area contributed by atoms with Crippen LogP contribution in [0.3, 0.4) is 0 Å². The van der Waals surface area contributed by atoms with E-state index in [1.165, 1.54) is 0 Å². The highest BCUT2D eigenvalue weighted by Crippen LogP contribution is 1.88. The van der Waals surface area contributed by atoms with Crippen LogP contribution in [0, 0.1) is 0 Å². The van der Waals surface area contributed by atoms with Gasteiger partial charge in [0.05, 0.1) is 12.7 Å². The Morgan fingerprint density at radius 3 is 2.70 bits per heavy atom. The van der Waals surface area contributed by atoms with E-state index in [-0.39, 0.29) is 12.7 Å². The third-order valence-corrected chi connectivity index (χ3v) is 0.911. The van der Waals surface area contributed by atoms with Crippen LogP contribution in [0.15, 0.2) is 0 Å². The van der Waals surface area contributed by atoms with E-state index in [1.54, 1.807) is 7.11 Å². The average Bonchev–Trinajstić information content (AvgIpc) is 1.85. The van der Waals surface area contributed by atoms with Crippen molar-refractivity contribution in [2.75, 3.05) is 20.3 Å². The van der Waals surface area contributed by atoms with Crippen molar-refractivity contribution >= 4 is 5.91 Å². The van der Waals surface area contributed by atoms with Crippen molar-refractivity contribution in [3.63, 3.8) is 0 Å². The number of ether oxygens (including phenoxy) is 2. The third-order valence-electron chi connectivity index (χ3n) is 0.911. The summed E-state index contributed by atoms with van der Waals surface area (Å²) in [6.07, 6.45) is -0.0718. The molecule has 1 amide bonds. The van der Waals surface area contributed by atoms with Gasteiger partial charge in [-0.25, -0.2) is 0 Å². The van der Waals surface area contributed by atoms with E-state index < -0.39 is 5.91 Å². The normalized spacial score (nSPS) is 13.0. The molecule has 2 N–H and O–H groups in total. The van der Waals surface area contributed by atoms with Crippen molar-refractivity contribution in [3.8, 4) is 0 Å². The molecule has 0 heterocycles. The molecule has 0 saturated carbocycles. The Hall–Kier alpha value is -0.610. The van der Waals surface area contributed by atoms with Crippen LogP contribution in [0.2, 0.25) is 0 Å². The third kappa shape index (κ3) is 5.53. The number of nitrogens with two attached hydrogens (primary N) is 1. The summed E-state index contributed by atoms with van der Waals surface area (Å²) in [6.45, 7) is 2.25. The Balaban J connectivity index is 3.21. The lowest BCUT2D eigenvalue weighted by molar-refractivity contribution is -0.125. The Morgan fingerprint density at radius 2 is 2.30 bits per heavy atom. The summed E-state index contributed by atoms with van der Waals surface area (Å²) in [7, 11) is 1.57. The van der Waals surface area contributed by atoms with Gasteiger partial charge in [-0.1, -0.05) is 0 Å². The maximum atomic E-state index is 10.2. The summed E-state index contributed by atoms with van der Waals surface area (Å²) < 4.78 is 9.70. The van der Waals surface area contributed by atoms with Crippen LogP contribution in [0.5, 0.6) is 0 Å². The van der Waals surface area contributed by atoms with Crippen molar-refractivity contribution in [2.45, 2.75) is 13.0 Å². The van der Waals surface area contributed by atoms with Gasteiger partial charge in [-0.05, 0) is 6.92 Å². The smallest absolute Gasteiger partial charge is 0.243 e. The van der Waals surface area contributed by atoms with E-state index in [4.69, 9.17) is 15.2 Å². The first-order valence-electron chi connectivity index (χ1n) is 3.05. The molecule has 4 heteroatoms. The second-order valence-corrected chi connectivity index (χ2v) is 2.04. The van der Waals surface area contributed by atoms with Gasteiger partial charge in [-0.2, -0.15) is 0 Å². The first-order chi connectivity index (χ1) is 4.66. The van der Waals surface area contributed by atoms with Crippen molar-refractivity contribution in [1.82, 2.24) is 0 Å². The Kier molecular flexibility index (Phi) is 4.88. The number of carbonyl (C=O) groups is 1. The van der Waals surface area contributed by atoms with E-state index >= 15 is 0 Å². The monoisotopic (exact) mass is 147 g/mol. The standard InChI is InChI=1S/C6H13NO3/c1-5(3-9-2)10-4-6(7)8/h5H,3-4H2,1-2H3,(H2,7,8). The molecule has 0 aromatic carbocycles. The zero-order valence-corrected chi connectivity index (χ0v) is 6.29. The average molecular weight is 147 g/mol. The summed E-state index contributed by atoms with van der Waals surface area (Å²) >= 11 is 0. The van der Waals surface area contributed by atoms with Gasteiger partial charge in [-0.3, -0.25) is 4.79 Å². The van der Waals surface area contributed by atoms with Crippen LogP contribution in [-0.2, 0) is 14.3 Å². The Morgan fingerprint density at radius 1 is 1.70 bits per heavy atom. The molecular weight excluding hydrogens is 134 g/mol. The summed E-state index contributed by atoms with van der Waals surface area (Å²) in [4.78, 5) is 10.2. The summed E-state index contributed by atoms with van der Waals surface area (Å²) in [5.74, 6) is -0.456. The van der Waals surface area contributed by atoms with Gasteiger partial charge in [0, 0.05) is 7.11 Å². The minimum atomic E-state index is -0.456. The highest BCUT2D eigenvalue weighted by Gasteiger charge is 2.01. The number of hydrogen-bond donors (Lipinski definition) is 1. The molecule has 10 heavy (non-hydrogen) atoms. The lowest BCUT2D eigenvalue weighted by Crippen LogP contribution is -2.24. The Labute approximate surface area is 60.3 Å². The van der Waals surface area contributed by atoms with E-state index in [0.717, 1.165) is 0 Å². The van der Waals surface area contributed by atoms with Gasteiger partial charge in [-0.15, -0.1) is 0 Å². The molecule has 1 unspecified atom stereocenters. The van der Waals surface area contributed by atoms with Crippen LogP contribution in [0.25, 0.3) is 0 Å². The van der Waals surface area contributed by atoms with Crippen LogP contribution in [0.1, 0.15) is 6.92 Å². The molecule has 4 nitrogen and oxygen atoms in total. The SMILES string of the molecule is COCC(C)OCC(N)=O. The molecule has 0 rings (SSSR count).